The molecule has 1 amide bonds. The standard InChI is InChI=1S/C15H24N4O/c1-18(2)13-6-4-12(5-7-13)14(15(16)20)19-10-3-8-17-9-11-19/h4-7,14,17H,3,8-11H2,1-2H3,(H2,16,20). The second-order valence-electron chi connectivity index (χ2n) is 5.43. The maximum absolute atomic E-state index is 11.9. The van der Waals surface area contributed by atoms with Gasteiger partial charge in [0.25, 0.3) is 0 Å². The first-order chi connectivity index (χ1) is 9.59. The van der Waals surface area contributed by atoms with Crippen LogP contribution in [0.5, 0.6) is 0 Å². The van der Waals surface area contributed by atoms with Gasteiger partial charge in [0, 0.05) is 39.4 Å². The number of nitrogens with two attached hydrogens (primary N) is 1. The van der Waals surface area contributed by atoms with Gasteiger partial charge in [-0.3, -0.25) is 9.69 Å². The van der Waals surface area contributed by atoms with E-state index in [-0.39, 0.29) is 11.9 Å². The third-order valence-electron chi connectivity index (χ3n) is 3.73. The van der Waals surface area contributed by atoms with Crippen LogP contribution >= 0.6 is 0 Å². The van der Waals surface area contributed by atoms with E-state index < -0.39 is 0 Å². The van der Waals surface area contributed by atoms with Crippen LogP contribution in [-0.4, -0.2) is 51.1 Å². The zero-order valence-electron chi connectivity index (χ0n) is 12.3. The third-order valence-corrected chi connectivity index (χ3v) is 3.73. The fourth-order valence-electron chi connectivity index (χ4n) is 2.63. The number of nitrogens with zero attached hydrogens (tertiary/aromatic N) is 2. The molecule has 3 N–H and O–H groups in total. The zero-order valence-corrected chi connectivity index (χ0v) is 12.3. The minimum absolute atomic E-state index is 0.274. The fraction of sp³-hybridized carbons (Fsp3) is 0.533. The lowest BCUT2D eigenvalue weighted by Gasteiger charge is -2.28. The van der Waals surface area contributed by atoms with E-state index in [4.69, 9.17) is 5.73 Å². The van der Waals surface area contributed by atoms with Crippen LogP contribution in [-0.2, 0) is 4.79 Å². The quantitative estimate of drug-likeness (QED) is 0.844. The number of hydrogen-bond donors (Lipinski definition) is 2. The Kier molecular flexibility index (Phi) is 4.98. The average molecular weight is 276 g/mol. The molecule has 0 bridgehead atoms. The van der Waals surface area contributed by atoms with Crippen molar-refractivity contribution in [1.29, 1.82) is 0 Å². The van der Waals surface area contributed by atoms with Gasteiger partial charge in [0.05, 0.1) is 0 Å². The Morgan fingerprint density at radius 3 is 2.55 bits per heavy atom. The highest BCUT2D eigenvalue weighted by molar-refractivity contribution is 5.81. The molecule has 1 aliphatic rings. The Balaban J connectivity index is 2.21. The van der Waals surface area contributed by atoms with E-state index >= 15 is 0 Å². The smallest absolute Gasteiger partial charge is 0.239 e. The highest BCUT2D eigenvalue weighted by Gasteiger charge is 2.26. The van der Waals surface area contributed by atoms with Gasteiger partial charge >= 0.3 is 0 Å². The van der Waals surface area contributed by atoms with Crippen molar-refractivity contribution in [2.45, 2.75) is 12.5 Å². The van der Waals surface area contributed by atoms with E-state index in [0.29, 0.717) is 0 Å². The van der Waals surface area contributed by atoms with Gasteiger partial charge in [0.1, 0.15) is 6.04 Å². The summed E-state index contributed by atoms with van der Waals surface area (Å²) in [5, 5.41) is 3.35. The first kappa shape index (κ1) is 14.8. The molecule has 2 rings (SSSR count). The first-order valence-electron chi connectivity index (χ1n) is 7.11. The van der Waals surface area contributed by atoms with Gasteiger partial charge in [-0.25, -0.2) is 0 Å². The molecule has 1 aromatic carbocycles. The summed E-state index contributed by atoms with van der Waals surface area (Å²) in [6.07, 6.45) is 1.04. The molecule has 1 saturated heterocycles. The van der Waals surface area contributed by atoms with Gasteiger partial charge in [0.2, 0.25) is 5.91 Å². The van der Waals surface area contributed by atoms with Crippen LogP contribution < -0.4 is 16.0 Å². The number of hydrogen-bond acceptors (Lipinski definition) is 4. The average Bonchev–Trinajstić information content (AvgIpc) is 2.68. The molecule has 0 saturated carbocycles. The number of amides is 1. The van der Waals surface area contributed by atoms with Crippen molar-refractivity contribution in [3.8, 4) is 0 Å². The molecule has 1 unspecified atom stereocenters. The Bertz CT molecular complexity index is 436. The van der Waals surface area contributed by atoms with Crippen molar-refractivity contribution in [3.05, 3.63) is 29.8 Å². The molecule has 110 valence electrons. The monoisotopic (exact) mass is 276 g/mol. The van der Waals surface area contributed by atoms with Crippen LogP contribution in [0.4, 0.5) is 5.69 Å². The van der Waals surface area contributed by atoms with Crippen LogP contribution in [0.15, 0.2) is 24.3 Å². The molecular formula is C15H24N4O. The SMILES string of the molecule is CN(C)c1ccc(C(C(N)=O)N2CCCNCC2)cc1. The highest BCUT2D eigenvalue weighted by Crippen LogP contribution is 2.23. The molecule has 5 heteroatoms. The predicted molar refractivity (Wildman–Crippen MR) is 81.8 cm³/mol. The molecule has 0 radical (unpaired) electrons. The molecule has 0 aliphatic carbocycles. The molecule has 1 aliphatic heterocycles. The second kappa shape index (κ2) is 6.72. The van der Waals surface area contributed by atoms with Gasteiger partial charge < -0.3 is 16.0 Å². The molecular weight excluding hydrogens is 252 g/mol. The highest BCUT2D eigenvalue weighted by atomic mass is 16.1. The summed E-state index contributed by atoms with van der Waals surface area (Å²) in [6.45, 7) is 3.65. The number of nitrogens with one attached hydrogen (secondary N) is 1. The number of primary amides is 1. The van der Waals surface area contributed by atoms with E-state index in [1.807, 2.05) is 43.3 Å². The van der Waals surface area contributed by atoms with Gasteiger partial charge in [-0.1, -0.05) is 12.1 Å². The molecule has 5 nitrogen and oxygen atoms in total. The van der Waals surface area contributed by atoms with Crippen LogP contribution in [0, 0.1) is 0 Å². The summed E-state index contributed by atoms with van der Waals surface area (Å²) >= 11 is 0. The summed E-state index contributed by atoms with van der Waals surface area (Å²) in [7, 11) is 4.00. The van der Waals surface area contributed by atoms with Gasteiger partial charge in [0.15, 0.2) is 0 Å². The molecule has 20 heavy (non-hydrogen) atoms. The Morgan fingerprint density at radius 2 is 1.95 bits per heavy atom. The van der Waals surface area contributed by atoms with E-state index in [1.165, 1.54) is 0 Å². The van der Waals surface area contributed by atoms with Crippen molar-refractivity contribution in [3.63, 3.8) is 0 Å². The summed E-state index contributed by atoms with van der Waals surface area (Å²) in [5.41, 5.74) is 7.73. The number of carbonyl (C=O) groups is 1. The number of rotatable bonds is 4. The molecule has 1 atom stereocenters. The van der Waals surface area contributed by atoms with Crippen molar-refractivity contribution >= 4 is 11.6 Å². The van der Waals surface area contributed by atoms with Crippen molar-refractivity contribution in [2.24, 2.45) is 5.73 Å². The van der Waals surface area contributed by atoms with Crippen LogP contribution in [0.3, 0.4) is 0 Å². The molecule has 1 aromatic rings. The van der Waals surface area contributed by atoms with Gasteiger partial charge in [-0.05, 0) is 30.7 Å². The normalized spacial score (nSPS) is 18.3. The van der Waals surface area contributed by atoms with E-state index in [2.05, 4.69) is 10.2 Å². The number of benzene rings is 1. The lowest BCUT2D eigenvalue weighted by Crippen LogP contribution is -2.39. The van der Waals surface area contributed by atoms with E-state index in [9.17, 15) is 4.79 Å². The van der Waals surface area contributed by atoms with E-state index in [0.717, 1.165) is 43.9 Å². The molecule has 1 heterocycles. The van der Waals surface area contributed by atoms with Crippen LogP contribution in [0.25, 0.3) is 0 Å². The largest absolute Gasteiger partial charge is 0.378 e. The number of anilines is 1. The zero-order chi connectivity index (χ0) is 14.5. The first-order valence-corrected chi connectivity index (χ1v) is 7.11. The lowest BCUT2D eigenvalue weighted by molar-refractivity contribution is -0.123. The van der Waals surface area contributed by atoms with Crippen molar-refractivity contribution in [2.75, 3.05) is 45.2 Å². The molecule has 0 aromatic heterocycles. The van der Waals surface area contributed by atoms with Crippen LogP contribution in [0.2, 0.25) is 0 Å². The Morgan fingerprint density at radius 1 is 1.25 bits per heavy atom. The number of carbonyl (C=O) groups excluding carboxylic acids is 1. The second-order valence-corrected chi connectivity index (χ2v) is 5.43. The minimum Gasteiger partial charge on any atom is -0.378 e. The predicted octanol–water partition coefficient (Wildman–Crippen LogP) is 0.574. The Labute approximate surface area is 120 Å². The summed E-state index contributed by atoms with van der Waals surface area (Å²) < 4.78 is 0. The summed E-state index contributed by atoms with van der Waals surface area (Å²) in [5.74, 6) is -0.274. The fourth-order valence-corrected chi connectivity index (χ4v) is 2.63. The van der Waals surface area contributed by atoms with Crippen molar-refractivity contribution in [1.82, 2.24) is 10.2 Å². The maximum Gasteiger partial charge on any atom is 0.239 e. The van der Waals surface area contributed by atoms with Crippen LogP contribution in [0.1, 0.15) is 18.0 Å². The third kappa shape index (κ3) is 3.49. The molecule has 1 fully saturated rings. The summed E-state index contributed by atoms with van der Waals surface area (Å²) in [4.78, 5) is 16.1. The Hall–Kier alpha value is -1.59. The minimum atomic E-state index is -0.328. The van der Waals surface area contributed by atoms with E-state index in [1.54, 1.807) is 0 Å². The van der Waals surface area contributed by atoms with Gasteiger partial charge in [-0.2, -0.15) is 0 Å². The summed E-state index contributed by atoms with van der Waals surface area (Å²) in [6, 6.07) is 7.74. The van der Waals surface area contributed by atoms with Crippen molar-refractivity contribution < 1.29 is 4.79 Å². The lowest BCUT2D eigenvalue weighted by atomic mass is 10.0. The topological polar surface area (TPSA) is 61.6 Å². The molecule has 0 spiro atoms. The maximum atomic E-state index is 11.9. The van der Waals surface area contributed by atoms with Gasteiger partial charge in [-0.15, -0.1) is 0 Å².